The van der Waals surface area contributed by atoms with Gasteiger partial charge in [-0.25, -0.2) is 4.79 Å². The molecule has 3 aromatic carbocycles. The van der Waals surface area contributed by atoms with Crippen molar-refractivity contribution in [1.29, 1.82) is 0 Å². The Morgan fingerprint density at radius 1 is 1.03 bits per heavy atom. The molecule has 4 rings (SSSR count). The highest BCUT2D eigenvalue weighted by Gasteiger charge is 2.24. The van der Waals surface area contributed by atoms with Crippen molar-refractivity contribution < 1.29 is 19.5 Å². The van der Waals surface area contributed by atoms with Gasteiger partial charge in [0.25, 0.3) is 0 Å². The van der Waals surface area contributed by atoms with Crippen LogP contribution in [0.3, 0.4) is 0 Å². The predicted molar refractivity (Wildman–Crippen MR) is 137 cm³/mol. The molecule has 0 saturated heterocycles. The van der Waals surface area contributed by atoms with Gasteiger partial charge in [0.05, 0.1) is 12.8 Å². The number of amides is 3. The first-order valence-electron chi connectivity index (χ1n) is 11.7. The van der Waals surface area contributed by atoms with Crippen molar-refractivity contribution in [3.8, 4) is 0 Å². The number of hydrogen-bond acceptors (Lipinski definition) is 3. The lowest BCUT2D eigenvalue weighted by molar-refractivity contribution is -0.137. The first-order valence-corrected chi connectivity index (χ1v) is 11.7. The number of carbonyl (C=O) groups excluding carboxylic acids is 2. The van der Waals surface area contributed by atoms with Crippen LogP contribution in [0.25, 0.3) is 0 Å². The molecule has 7 nitrogen and oxygen atoms in total. The van der Waals surface area contributed by atoms with Gasteiger partial charge in [-0.05, 0) is 59.4 Å². The number of fused-ring (bicyclic) bond motifs is 1. The zero-order chi connectivity index (χ0) is 24.9. The van der Waals surface area contributed by atoms with Gasteiger partial charge >= 0.3 is 12.0 Å². The summed E-state index contributed by atoms with van der Waals surface area (Å²) in [6.07, 6.45) is 1.09. The molecule has 35 heavy (non-hydrogen) atoms. The highest BCUT2D eigenvalue weighted by Crippen LogP contribution is 2.28. The van der Waals surface area contributed by atoms with E-state index in [1.807, 2.05) is 67.6 Å². The number of hydrogen-bond donors (Lipinski definition) is 2. The molecule has 3 amide bonds. The van der Waals surface area contributed by atoms with Gasteiger partial charge in [-0.1, -0.05) is 49.4 Å². The van der Waals surface area contributed by atoms with Gasteiger partial charge in [0.1, 0.15) is 0 Å². The van der Waals surface area contributed by atoms with Crippen molar-refractivity contribution in [2.24, 2.45) is 0 Å². The molecule has 0 aromatic heterocycles. The summed E-state index contributed by atoms with van der Waals surface area (Å²) < 4.78 is 0. The molecule has 1 heterocycles. The minimum absolute atomic E-state index is 0.0360. The van der Waals surface area contributed by atoms with E-state index in [2.05, 4.69) is 5.32 Å². The monoisotopic (exact) mass is 471 g/mol. The van der Waals surface area contributed by atoms with E-state index in [1.165, 1.54) is 5.56 Å². The number of nitrogens with one attached hydrogen (secondary N) is 1. The molecule has 1 atom stereocenters. The first-order chi connectivity index (χ1) is 16.8. The molecular formula is C28H29N3O4. The average Bonchev–Trinajstić information content (AvgIpc) is 3.29. The molecule has 2 N–H and O–H groups in total. The molecule has 1 aliphatic heterocycles. The Balaban J connectivity index is 1.36. The highest BCUT2D eigenvalue weighted by atomic mass is 16.4. The van der Waals surface area contributed by atoms with E-state index in [4.69, 9.17) is 5.11 Å². The summed E-state index contributed by atoms with van der Waals surface area (Å²) >= 11 is 0. The third-order valence-corrected chi connectivity index (χ3v) is 6.37. The van der Waals surface area contributed by atoms with Gasteiger partial charge in [0.2, 0.25) is 5.91 Å². The number of rotatable bonds is 7. The molecule has 7 heteroatoms. The number of para-hydroxylation sites is 1. The van der Waals surface area contributed by atoms with Crippen LogP contribution in [0.5, 0.6) is 0 Å². The summed E-state index contributed by atoms with van der Waals surface area (Å²) in [5.74, 6) is -1.08. The van der Waals surface area contributed by atoms with Gasteiger partial charge in [0.15, 0.2) is 0 Å². The number of nitrogens with zero attached hydrogens (tertiary/aromatic N) is 2. The van der Waals surface area contributed by atoms with Crippen molar-refractivity contribution in [2.75, 3.05) is 28.7 Å². The van der Waals surface area contributed by atoms with Crippen LogP contribution in [0, 0.1) is 0 Å². The van der Waals surface area contributed by atoms with E-state index >= 15 is 0 Å². The zero-order valence-corrected chi connectivity index (χ0v) is 19.9. The lowest BCUT2D eigenvalue weighted by Gasteiger charge is -2.20. The van der Waals surface area contributed by atoms with Gasteiger partial charge in [0, 0.05) is 30.7 Å². The molecule has 0 bridgehead atoms. The number of anilines is 3. The zero-order valence-electron chi connectivity index (χ0n) is 19.9. The van der Waals surface area contributed by atoms with Crippen LogP contribution in [-0.2, 0) is 22.4 Å². The molecular weight excluding hydrogens is 442 g/mol. The Kier molecular flexibility index (Phi) is 7.15. The molecule has 0 spiro atoms. The molecule has 0 fully saturated rings. The minimum atomic E-state index is -0.850. The Morgan fingerprint density at radius 3 is 2.51 bits per heavy atom. The number of urea groups is 1. The van der Waals surface area contributed by atoms with E-state index in [1.54, 1.807) is 29.0 Å². The van der Waals surface area contributed by atoms with Crippen molar-refractivity contribution in [2.45, 2.75) is 32.1 Å². The van der Waals surface area contributed by atoms with Crippen LogP contribution >= 0.6 is 0 Å². The number of likely N-dealkylation sites (N-methyl/N-ethyl adjacent to an activating group) is 1. The standard InChI is InChI=1S/C28H29N3O4/c1-19(16-27(33)34)22-7-5-8-24(18-22)30(2)26(32)17-20-10-12-23(13-11-20)29-28(35)31-15-14-21-6-3-4-9-25(21)31/h3-13,18-19H,14-17H2,1-2H3,(H,29,35)(H,33,34). The number of benzene rings is 3. The quantitative estimate of drug-likeness (QED) is 0.504. The second-order valence-electron chi connectivity index (χ2n) is 8.88. The van der Waals surface area contributed by atoms with Crippen molar-refractivity contribution in [3.63, 3.8) is 0 Å². The van der Waals surface area contributed by atoms with E-state index < -0.39 is 5.97 Å². The van der Waals surface area contributed by atoms with Gasteiger partial charge in [-0.2, -0.15) is 0 Å². The largest absolute Gasteiger partial charge is 0.481 e. The maximum atomic E-state index is 12.9. The van der Waals surface area contributed by atoms with Crippen molar-refractivity contribution in [3.05, 3.63) is 89.5 Å². The summed E-state index contributed by atoms with van der Waals surface area (Å²) in [5, 5.41) is 12.0. The molecule has 0 saturated carbocycles. The average molecular weight is 472 g/mol. The fourth-order valence-corrected chi connectivity index (χ4v) is 4.30. The second-order valence-corrected chi connectivity index (χ2v) is 8.88. The van der Waals surface area contributed by atoms with Crippen molar-refractivity contribution in [1.82, 2.24) is 0 Å². The topological polar surface area (TPSA) is 90.0 Å². The molecule has 180 valence electrons. The summed E-state index contributed by atoms with van der Waals surface area (Å²) in [5.41, 5.74) is 5.22. The Labute approximate surface area is 205 Å². The number of carbonyl (C=O) groups is 3. The fraction of sp³-hybridized carbons (Fsp3) is 0.250. The van der Waals surface area contributed by atoms with Crippen LogP contribution in [-0.4, -0.2) is 36.6 Å². The Hall–Kier alpha value is -4.13. The van der Waals surface area contributed by atoms with Crippen LogP contribution in [0.1, 0.15) is 36.0 Å². The third-order valence-electron chi connectivity index (χ3n) is 6.37. The lowest BCUT2D eigenvalue weighted by atomic mass is 9.97. The summed E-state index contributed by atoms with van der Waals surface area (Å²) in [7, 11) is 1.71. The molecule has 0 aliphatic carbocycles. The van der Waals surface area contributed by atoms with Crippen LogP contribution in [0.4, 0.5) is 21.9 Å². The lowest BCUT2D eigenvalue weighted by Crippen LogP contribution is -2.33. The van der Waals surface area contributed by atoms with Gasteiger partial charge in [-0.15, -0.1) is 0 Å². The maximum absolute atomic E-state index is 12.9. The van der Waals surface area contributed by atoms with E-state index in [-0.39, 0.29) is 30.7 Å². The minimum Gasteiger partial charge on any atom is -0.481 e. The second kappa shape index (κ2) is 10.4. The van der Waals surface area contributed by atoms with Crippen LogP contribution < -0.4 is 15.1 Å². The Morgan fingerprint density at radius 2 is 1.77 bits per heavy atom. The molecule has 3 aromatic rings. The highest BCUT2D eigenvalue weighted by molar-refractivity contribution is 6.03. The normalized spacial score (nSPS) is 13.1. The first kappa shape index (κ1) is 24.0. The number of carboxylic acids is 1. The molecule has 1 unspecified atom stereocenters. The summed E-state index contributed by atoms with van der Waals surface area (Å²) in [4.78, 5) is 40.0. The summed E-state index contributed by atoms with van der Waals surface area (Å²) in [6.45, 7) is 2.51. The summed E-state index contributed by atoms with van der Waals surface area (Å²) in [6, 6.07) is 22.4. The molecule has 1 aliphatic rings. The van der Waals surface area contributed by atoms with E-state index in [0.717, 1.165) is 28.9 Å². The number of aliphatic carboxylic acids is 1. The smallest absolute Gasteiger partial charge is 0.326 e. The third kappa shape index (κ3) is 5.69. The fourth-order valence-electron chi connectivity index (χ4n) is 4.30. The van der Waals surface area contributed by atoms with Crippen molar-refractivity contribution >= 4 is 35.0 Å². The van der Waals surface area contributed by atoms with Crippen LogP contribution in [0.15, 0.2) is 72.8 Å². The molecule has 0 radical (unpaired) electrons. The van der Waals surface area contributed by atoms with Gasteiger partial charge < -0.3 is 15.3 Å². The van der Waals surface area contributed by atoms with Crippen LogP contribution in [0.2, 0.25) is 0 Å². The predicted octanol–water partition coefficient (Wildman–Crippen LogP) is 5.06. The number of carboxylic acid groups (broad SMARTS) is 1. The van der Waals surface area contributed by atoms with E-state index in [9.17, 15) is 14.4 Å². The maximum Gasteiger partial charge on any atom is 0.326 e. The SMILES string of the molecule is CC(CC(=O)O)c1cccc(N(C)C(=O)Cc2ccc(NC(=O)N3CCc4ccccc43)cc2)c1. The Bertz CT molecular complexity index is 1240. The van der Waals surface area contributed by atoms with E-state index in [0.29, 0.717) is 12.2 Å². The van der Waals surface area contributed by atoms with Gasteiger partial charge in [-0.3, -0.25) is 14.5 Å².